The highest BCUT2D eigenvalue weighted by Gasteiger charge is 2.24. The summed E-state index contributed by atoms with van der Waals surface area (Å²) >= 11 is 0. The molecular formula is C51H35N3. The van der Waals surface area contributed by atoms with E-state index < -0.39 is 0 Å². The van der Waals surface area contributed by atoms with Crippen molar-refractivity contribution < 1.29 is 0 Å². The van der Waals surface area contributed by atoms with E-state index in [1.165, 1.54) is 49.0 Å². The third-order valence-corrected chi connectivity index (χ3v) is 10.5. The molecule has 0 bridgehead atoms. The van der Waals surface area contributed by atoms with Gasteiger partial charge < -0.3 is 5.32 Å². The van der Waals surface area contributed by atoms with Crippen LogP contribution in [0.1, 0.15) is 22.9 Å². The SMILES string of the molecule is c1cc(C2=NC(c3ccccc3-c3cccc4ccccc34)NC(c3ccc4ccccc4c3)=N2)cc(-c2ccc(-c3ccc4ccccc4c3)cc2)c1. The topological polar surface area (TPSA) is 36.8 Å². The van der Waals surface area contributed by atoms with E-state index in [9.17, 15) is 0 Å². The Kier molecular flexibility index (Phi) is 7.88. The minimum atomic E-state index is -0.362. The fourth-order valence-electron chi connectivity index (χ4n) is 7.72. The van der Waals surface area contributed by atoms with Crippen LogP contribution in [0.5, 0.6) is 0 Å². The molecule has 1 atom stereocenters. The monoisotopic (exact) mass is 689 g/mol. The van der Waals surface area contributed by atoms with Crippen molar-refractivity contribution in [1.82, 2.24) is 5.32 Å². The van der Waals surface area contributed by atoms with Gasteiger partial charge in [-0.25, -0.2) is 9.98 Å². The molecule has 254 valence electrons. The minimum Gasteiger partial charge on any atom is -0.344 e. The Morgan fingerprint density at radius 2 is 0.870 bits per heavy atom. The summed E-state index contributed by atoms with van der Waals surface area (Å²) in [6.45, 7) is 0. The van der Waals surface area contributed by atoms with Gasteiger partial charge >= 0.3 is 0 Å². The molecule has 10 rings (SSSR count). The van der Waals surface area contributed by atoms with Crippen molar-refractivity contribution in [1.29, 1.82) is 0 Å². The van der Waals surface area contributed by atoms with Crippen molar-refractivity contribution in [2.75, 3.05) is 0 Å². The highest BCUT2D eigenvalue weighted by Crippen LogP contribution is 2.36. The number of hydrogen-bond donors (Lipinski definition) is 1. The van der Waals surface area contributed by atoms with E-state index in [0.717, 1.165) is 39.2 Å². The van der Waals surface area contributed by atoms with E-state index in [4.69, 9.17) is 9.98 Å². The molecule has 0 spiro atoms. The Balaban J connectivity index is 1.06. The molecule has 1 unspecified atom stereocenters. The zero-order valence-electron chi connectivity index (χ0n) is 29.5. The average molecular weight is 690 g/mol. The van der Waals surface area contributed by atoms with Crippen LogP contribution < -0.4 is 5.32 Å². The first kappa shape index (κ1) is 31.6. The van der Waals surface area contributed by atoms with Gasteiger partial charge in [0.2, 0.25) is 0 Å². The fourth-order valence-corrected chi connectivity index (χ4v) is 7.72. The van der Waals surface area contributed by atoms with Gasteiger partial charge in [0.25, 0.3) is 0 Å². The maximum absolute atomic E-state index is 5.36. The first-order chi connectivity index (χ1) is 26.7. The molecule has 0 radical (unpaired) electrons. The smallest absolute Gasteiger partial charge is 0.159 e. The van der Waals surface area contributed by atoms with Gasteiger partial charge in [0.15, 0.2) is 5.84 Å². The Hall–Kier alpha value is -7.10. The number of hydrogen-bond acceptors (Lipinski definition) is 3. The molecule has 0 saturated carbocycles. The van der Waals surface area contributed by atoms with Crippen LogP contribution in [-0.4, -0.2) is 11.7 Å². The van der Waals surface area contributed by atoms with Gasteiger partial charge in [-0.05, 0) is 83.9 Å². The van der Waals surface area contributed by atoms with Crippen molar-refractivity contribution in [3.8, 4) is 33.4 Å². The second kappa shape index (κ2) is 13.5. The normalized spacial score (nSPS) is 14.1. The van der Waals surface area contributed by atoms with E-state index in [-0.39, 0.29) is 6.17 Å². The lowest BCUT2D eigenvalue weighted by Crippen LogP contribution is -2.33. The highest BCUT2D eigenvalue weighted by atomic mass is 15.2. The average Bonchev–Trinajstić information content (AvgIpc) is 3.26. The predicted molar refractivity (Wildman–Crippen MR) is 227 cm³/mol. The summed E-state index contributed by atoms with van der Waals surface area (Å²) in [5, 5.41) is 11.0. The van der Waals surface area contributed by atoms with Crippen LogP contribution in [0.2, 0.25) is 0 Å². The Morgan fingerprint density at radius 3 is 1.63 bits per heavy atom. The number of fused-ring (bicyclic) bond motifs is 3. The van der Waals surface area contributed by atoms with E-state index >= 15 is 0 Å². The summed E-state index contributed by atoms with van der Waals surface area (Å²) in [6.07, 6.45) is -0.362. The molecule has 0 fully saturated rings. The fraction of sp³-hybridized carbons (Fsp3) is 0.0196. The van der Waals surface area contributed by atoms with Crippen LogP contribution in [0.4, 0.5) is 0 Å². The van der Waals surface area contributed by atoms with E-state index in [0.29, 0.717) is 5.84 Å². The Bertz CT molecular complexity index is 2910. The molecule has 1 aliphatic heterocycles. The van der Waals surface area contributed by atoms with Gasteiger partial charge in [-0.3, -0.25) is 0 Å². The third kappa shape index (κ3) is 5.92. The molecule has 0 aliphatic carbocycles. The van der Waals surface area contributed by atoms with Crippen LogP contribution in [0.3, 0.4) is 0 Å². The summed E-state index contributed by atoms with van der Waals surface area (Å²) in [6, 6.07) is 71.3. The van der Waals surface area contributed by atoms with Crippen molar-refractivity contribution in [2.45, 2.75) is 6.17 Å². The molecule has 54 heavy (non-hydrogen) atoms. The second-order valence-corrected chi connectivity index (χ2v) is 13.9. The minimum absolute atomic E-state index is 0.362. The summed E-state index contributed by atoms with van der Waals surface area (Å²) < 4.78 is 0. The number of nitrogens with zero attached hydrogens (tertiary/aromatic N) is 2. The molecule has 1 heterocycles. The van der Waals surface area contributed by atoms with E-state index in [1.807, 2.05) is 0 Å². The van der Waals surface area contributed by atoms with Crippen LogP contribution in [0, 0.1) is 0 Å². The Labute approximate surface area is 314 Å². The molecule has 3 heteroatoms. The van der Waals surface area contributed by atoms with Gasteiger partial charge in [-0.1, -0.05) is 182 Å². The molecule has 3 nitrogen and oxygen atoms in total. The zero-order valence-corrected chi connectivity index (χ0v) is 29.5. The van der Waals surface area contributed by atoms with Crippen molar-refractivity contribution >= 4 is 44.0 Å². The van der Waals surface area contributed by atoms with Crippen LogP contribution >= 0.6 is 0 Å². The molecule has 9 aromatic carbocycles. The number of benzene rings is 9. The van der Waals surface area contributed by atoms with Crippen LogP contribution in [-0.2, 0) is 0 Å². The van der Waals surface area contributed by atoms with Crippen LogP contribution in [0.25, 0.3) is 65.7 Å². The molecular weight excluding hydrogens is 655 g/mol. The number of aliphatic imine (C=N–C) groups is 2. The first-order valence-electron chi connectivity index (χ1n) is 18.4. The molecule has 0 aromatic heterocycles. The molecule has 1 aliphatic rings. The summed E-state index contributed by atoms with van der Waals surface area (Å²) in [7, 11) is 0. The van der Waals surface area contributed by atoms with Gasteiger partial charge in [0.05, 0.1) is 0 Å². The lowest BCUT2D eigenvalue weighted by molar-refractivity contribution is 0.676. The molecule has 1 N–H and O–H groups in total. The van der Waals surface area contributed by atoms with Crippen molar-refractivity contribution in [3.05, 3.63) is 217 Å². The second-order valence-electron chi connectivity index (χ2n) is 13.9. The quantitative estimate of drug-likeness (QED) is 0.185. The summed E-state index contributed by atoms with van der Waals surface area (Å²) in [4.78, 5) is 10.6. The largest absolute Gasteiger partial charge is 0.344 e. The first-order valence-corrected chi connectivity index (χ1v) is 18.4. The number of rotatable bonds is 6. The third-order valence-electron chi connectivity index (χ3n) is 10.5. The van der Waals surface area contributed by atoms with Gasteiger partial charge in [-0.15, -0.1) is 0 Å². The van der Waals surface area contributed by atoms with Crippen molar-refractivity contribution in [2.24, 2.45) is 9.98 Å². The highest BCUT2D eigenvalue weighted by molar-refractivity contribution is 6.14. The number of nitrogens with one attached hydrogen (secondary N) is 1. The van der Waals surface area contributed by atoms with Gasteiger partial charge in [0, 0.05) is 16.7 Å². The molecule has 0 amide bonds. The maximum Gasteiger partial charge on any atom is 0.159 e. The summed E-state index contributed by atoms with van der Waals surface area (Å²) in [5.74, 6) is 1.50. The van der Waals surface area contributed by atoms with Gasteiger partial charge in [-0.2, -0.15) is 0 Å². The molecule has 0 saturated heterocycles. The lowest BCUT2D eigenvalue weighted by Gasteiger charge is -2.26. The lowest BCUT2D eigenvalue weighted by atomic mass is 9.93. The van der Waals surface area contributed by atoms with Gasteiger partial charge in [0.1, 0.15) is 12.0 Å². The zero-order chi connectivity index (χ0) is 35.8. The maximum atomic E-state index is 5.36. The molecule has 9 aromatic rings. The van der Waals surface area contributed by atoms with E-state index in [2.05, 4.69) is 206 Å². The van der Waals surface area contributed by atoms with E-state index in [1.54, 1.807) is 0 Å². The number of amidine groups is 2. The van der Waals surface area contributed by atoms with Crippen LogP contribution in [0.15, 0.2) is 210 Å². The Morgan fingerprint density at radius 1 is 0.352 bits per heavy atom. The standard InChI is InChI=1S/C51H35N3/c1-3-14-39-31-42(29-27-34(39)11-1)37-25-23-36(24-26-37)41-17-9-18-43(32-41)49-52-50(44-30-28-35-12-2-4-15-40(35)33-44)54-51(53-49)48-21-8-7-20-47(48)46-22-10-16-38-13-5-6-19-45(38)46/h1-33,51H,(H,52,53,54). The predicted octanol–water partition coefficient (Wildman–Crippen LogP) is 12.6. The van der Waals surface area contributed by atoms with Crippen molar-refractivity contribution in [3.63, 3.8) is 0 Å². The summed E-state index contributed by atoms with van der Waals surface area (Å²) in [5.41, 5.74) is 10.1.